The standard InChI is InChI=1S/C13H17N3O5S/c1-7-4-9(16-21-7)14-10(17)5-22-6-11(18)15-12(13(19)20)8-2-3-8/h4,8,12H,2-3,5-6H2,1H3,(H,15,18)(H,19,20)(H,14,16,17). The summed E-state index contributed by atoms with van der Waals surface area (Å²) >= 11 is 1.11. The Labute approximate surface area is 131 Å². The molecule has 22 heavy (non-hydrogen) atoms. The van der Waals surface area contributed by atoms with Crippen LogP contribution in [-0.4, -0.2) is 45.6 Å². The van der Waals surface area contributed by atoms with Crippen LogP contribution in [0.25, 0.3) is 0 Å². The van der Waals surface area contributed by atoms with E-state index in [2.05, 4.69) is 15.8 Å². The van der Waals surface area contributed by atoms with E-state index in [0.29, 0.717) is 11.6 Å². The first-order valence-corrected chi connectivity index (χ1v) is 7.94. The average Bonchev–Trinajstić information content (AvgIpc) is 3.19. The lowest BCUT2D eigenvalue weighted by molar-refractivity contribution is -0.142. The number of amides is 2. The summed E-state index contributed by atoms with van der Waals surface area (Å²) in [5.74, 6) is -0.653. The summed E-state index contributed by atoms with van der Waals surface area (Å²) in [4.78, 5) is 34.3. The summed E-state index contributed by atoms with van der Waals surface area (Å²) < 4.78 is 4.81. The van der Waals surface area contributed by atoms with Gasteiger partial charge in [-0.15, -0.1) is 11.8 Å². The predicted octanol–water partition coefficient (Wildman–Crippen LogP) is 0.634. The molecule has 1 aliphatic rings. The normalized spacial score (nSPS) is 15.1. The van der Waals surface area contributed by atoms with Gasteiger partial charge in [0, 0.05) is 6.07 Å². The van der Waals surface area contributed by atoms with E-state index in [1.807, 2.05) is 0 Å². The molecule has 2 amide bonds. The van der Waals surface area contributed by atoms with E-state index in [9.17, 15) is 14.4 Å². The number of rotatable bonds is 8. The van der Waals surface area contributed by atoms with Crippen LogP contribution in [0.5, 0.6) is 0 Å². The Morgan fingerprint density at radius 1 is 1.41 bits per heavy atom. The first-order chi connectivity index (χ1) is 10.5. The van der Waals surface area contributed by atoms with Crippen molar-refractivity contribution in [2.75, 3.05) is 16.8 Å². The number of carbonyl (C=O) groups excluding carboxylic acids is 2. The highest BCUT2D eigenvalue weighted by molar-refractivity contribution is 8.00. The maximum Gasteiger partial charge on any atom is 0.326 e. The van der Waals surface area contributed by atoms with Gasteiger partial charge in [-0.25, -0.2) is 4.79 Å². The Bertz CT molecular complexity index is 570. The molecule has 8 nitrogen and oxygen atoms in total. The van der Waals surface area contributed by atoms with E-state index in [0.717, 1.165) is 24.6 Å². The SMILES string of the molecule is Cc1cc(NC(=O)CSCC(=O)NC(C(=O)O)C2CC2)no1. The van der Waals surface area contributed by atoms with E-state index in [1.54, 1.807) is 13.0 Å². The lowest BCUT2D eigenvalue weighted by Crippen LogP contribution is -2.43. The zero-order valence-electron chi connectivity index (χ0n) is 12.0. The summed E-state index contributed by atoms with van der Waals surface area (Å²) in [5.41, 5.74) is 0. The van der Waals surface area contributed by atoms with Crippen LogP contribution in [0.1, 0.15) is 18.6 Å². The largest absolute Gasteiger partial charge is 0.480 e. The molecule has 1 aromatic rings. The van der Waals surface area contributed by atoms with Crippen molar-refractivity contribution in [1.82, 2.24) is 10.5 Å². The second-order valence-corrected chi connectivity index (χ2v) is 6.07. The van der Waals surface area contributed by atoms with Crippen molar-refractivity contribution in [2.45, 2.75) is 25.8 Å². The monoisotopic (exact) mass is 327 g/mol. The van der Waals surface area contributed by atoms with Crippen LogP contribution in [0.2, 0.25) is 0 Å². The molecular weight excluding hydrogens is 310 g/mol. The van der Waals surface area contributed by atoms with Crippen molar-refractivity contribution in [3.8, 4) is 0 Å². The Balaban J connectivity index is 1.65. The first kappa shape index (κ1) is 16.3. The highest BCUT2D eigenvalue weighted by Crippen LogP contribution is 2.32. The number of carboxylic acids is 1. The van der Waals surface area contributed by atoms with Crippen molar-refractivity contribution in [2.24, 2.45) is 5.92 Å². The van der Waals surface area contributed by atoms with Crippen molar-refractivity contribution in [1.29, 1.82) is 0 Å². The minimum absolute atomic E-state index is 0.0295. The topological polar surface area (TPSA) is 122 Å². The van der Waals surface area contributed by atoms with E-state index < -0.39 is 12.0 Å². The molecule has 0 saturated heterocycles. The fourth-order valence-electron chi connectivity index (χ4n) is 1.87. The molecule has 0 aromatic carbocycles. The summed E-state index contributed by atoms with van der Waals surface area (Å²) in [6.07, 6.45) is 1.65. The third-order valence-electron chi connectivity index (χ3n) is 3.04. The molecule has 0 bridgehead atoms. The van der Waals surface area contributed by atoms with Crippen molar-refractivity contribution < 1.29 is 24.0 Å². The van der Waals surface area contributed by atoms with Crippen LogP contribution in [0, 0.1) is 12.8 Å². The molecular formula is C13H17N3O5S. The van der Waals surface area contributed by atoms with Crippen LogP contribution < -0.4 is 10.6 Å². The van der Waals surface area contributed by atoms with Crippen molar-refractivity contribution >= 4 is 35.4 Å². The molecule has 1 aromatic heterocycles. The Kier molecular flexibility index (Phi) is 5.42. The average molecular weight is 327 g/mol. The number of aromatic nitrogens is 1. The minimum atomic E-state index is -1.01. The Morgan fingerprint density at radius 2 is 2.09 bits per heavy atom. The predicted molar refractivity (Wildman–Crippen MR) is 79.5 cm³/mol. The molecule has 1 atom stereocenters. The maximum absolute atomic E-state index is 11.7. The molecule has 1 heterocycles. The van der Waals surface area contributed by atoms with Gasteiger partial charge in [-0.3, -0.25) is 9.59 Å². The number of carboxylic acid groups (broad SMARTS) is 1. The van der Waals surface area contributed by atoms with Crippen LogP contribution in [-0.2, 0) is 14.4 Å². The van der Waals surface area contributed by atoms with E-state index in [1.165, 1.54) is 0 Å². The molecule has 1 saturated carbocycles. The Morgan fingerprint density at radius 3 is 2.64 bits per heavy atom. The molecule has 0 spiro atoms. The fraction of sp³-hybridized carbons (Fsp3) is 0.538. The van der Waals surface area contributed by atoms with Gasteiger partial charge < -0.3 is 20.3 Å². The zero-order valence-corrected chi connectivity index (χ0v) is 12.8. The van der Waals surface area contributed by atoms with E-state index in [4.69, 9.17) is 9.63 Å². The number of nitrogens with zero attached hydrogens (tertiary/aromatic N) is 1. The lowest BCUT2D eigenvalue weighted by atomic mass is 10.2. The summed E-state index contributed by atoms with van der Waals surface area (Å²) in [6.45, 7) is 1.71. The van der Waals surface area contributed by atoms with Gasteiger partial charge in [-0.05, 0) is 25.7 Å². The number of aryl methyl sites for hydroxylation is 1. The molecule has 120 valence electrons. The van der Waals surface area contributed by atoms with Crippen LogP contribution in [0.15, 0.2) is 10.6 Å². The summed E-state index contributed by atoms with van der Waals surface area (Å²) in [6, 6.07) is 0.766. The molecule has 1 aliphatic carbocycles. The number of hydrogen-bond acceptors (Lipinski definition) is 6. The molecule has 9 heteroatoms. The van der Waals surface area contributed by atoms with Gasteiger partial charge in [0.15, 0.2) is 5.82 Å². The van der Waals surface area contributed by atoms with Gasteiger partial charge in [0.1, 0.15) is 11.8 Å². The van der Waals surface area contributed by atoms with E-state index in [-0.39, 0.29) is 29.2 Å². The maximum atomic E-state index is 11.7. The second kappa shape index (κ2) is 7.30. The van der Waals surface area contributed by atoms with Crippen LogP contribution in [0.3, 0.4) is 0 Å². The molecule has 1 unspecified atom stereocenters. The van der Waals surface area contributed by atoms with Gasteiger partial charge in [-0.1, -0.05) is 5.16 Å². The minimum Gasteiger partial charge on any atom is -0.480 e. The van der Waals surface area contributed by atoms with Crippen LogP contribution in [0.4, 0.5) is 5.82 Å². The molecule has 2 rings (SSSR count). The van der Waals surface area contributed by atoms with Crippen molar-refractivity contribution in [3.05, 3.63) is 11.8 Å². The van der Waals surface area contributed by atoms with Gasteiger partial charge in [0.05, 0.1) is 11.5 Å². The number of thioether (sulfide) groups is 1. The second-order valence-electron chi connectivity index (χ2n) is 5.08. The molecule has 0 radical (unpaired) electrons. The summed E-state index contributed by atoms with van der Waals surface area (Å²) in [5, 5.41) is 17.7. The van der Waals surface area contributed by atoms with Gasteiger partial charge >= 0.3 is 5.97 Å². The highest BCUT2D eigenvalue weighted by Gasteiger charge is 2.37. The fourth-order valence-corrected chi connectivity index (χ4v) is 2.49. The smallest absolute Gasteiger partial charge is 0.326 e. The molecule has 1 fully saturated rings. The van der Waals surface area contributed by atoms with E-state index >= 15 is 0 Å². The highest BCUT2D eigenvalue weighted by atomic mass is 32.2. The van der Waals surface area contributed by atoms with Gasteiger partial charge in [0.2, 0.25) is 11.8 Å². The lowest BCUT2D eigenvalue weighted by Gasteiger charge is -2.13. The number of aliphatic carboxylic acids is 1. The van der Waals surface area contributed by atoms with Gasteiger partial charge in [0.25, 0.3) is 0 Å². The van der Waals surface area contributed by atoms with Gasteiger partial charge in [-0.2, -0.15) is 0 Å². The molecule has 0 aliphatic heterocycles. The number of carbonyl (C=O) groups is 3. The molecule has 3 N–H and O–H groups in total. The van der Waals surface area contributed by atoms with Crippen LogP contribution >= 0.6 is 11.8 Å². The third-order valence-corrected chi connectivity index (χ3v) is 3.97. The Hall–Kier alpha value is -2.03. The zero-order chi connectivity index (χ0) is 16.1. The van der Waals surface area contributed by atoms with Crippen molar-refractivity contribution in [3.63, 3.8) is 0 Å². The number of anilines is 1. The summed E-state index contributed by atoms with van der Waals surface area (Å²) in [7, 11) is 0. The third kappa shape index (κ3) is 5.06. The number of nitrogens with one attached hydrogen (secondary N) is 2. The number of hydrogen-bond donors (Lipinski definition) is 3. The first-order valence-electron chi connectivity index (χ1n) is 6.79. The quantitative estimate of drug-likeness (QED) is 0.640.